The van der Waals surface area contributed by atoms with Crippen molar-refractivity contribution in [1.82, 2.24) is 19.5 Å². The number of benzene rings is 1. The van der Waals surface area contributed by atoms with Gasteiger partial charge >= 0.3 is 12.1 Å². The van der Waals surface area contributed by atoms with Gasteiger partial charge < -0.3 is 19.6 Å². The van der Waals surface area contributed by atoms with E-state index in [-0.39, 0.29) is 12.0 Å². The number of hydrogen-bond acceptors (Lipinski definition) is 6. The second-order valence-corrected chi connectivity index (χ2v) is 8.13. The van der Waals surface area contributed by atoms with Crippen molar-refractivity contribution in [2.24, 2.45) is 0 Å². The SMILES string of the molecule is O=C(O)C(F)(F)F.O=C(c1ccccc1)N1CCOC(c2nc3ccc(N4CCCC4)cn3n2)C1. The van der Waals surface area contributed by atoms with Crippen LogP contribution >= 0.6 is 0 Å². The first-order valence-corrected chi connectivity index (χ1v) is 11.1. The van der Waals surface area contributed by atoms with Crippen molar-refractivity contribution in [2.45, 2.75) is 25.1 Å². The molecule has 12 heteroatoms. The summed E-state index contributed by atoms with van der Waals surface area (Å²) in [7, 11) is 0. The zero-order chi connectivity index (χ0) is 25.0. The summed E-state index contributed by atoms with van der Waals surface area (Å²) in [5.74, 6) is -2.11. The number of rotatable bonds is 3. The summed E-state index contributed by atoms with van der Waals surface area (Å²) in [6.45, 7) is 3.71. The van der Waals surface area contributed by atoms with Crippen molar-refractivity contribution in [2.75, 3.05) is 37.7 Å². The van der Waals surface area contributed by atoms with Gasteiger partial charge in [0, 0.05) is 25.2 Å². The summed E-state index contributed by atoms with van der Waals surface area (Å²) in [6.07, 6.45) is -0.882. The van der Waals surface area contributed by atoms with Crippen LogP contribution in [0.4, 0.5) is 18.9 Å². The number of aromatic nitrogens is 3. The lowest BCUT2D eigenvalue weighted by atomic mass is 10.1. The van der Waals surface area contributed by atoms with Gasteiger partial charge in [-0.3, -0.25) is 4.79 Å². The van der Waals surface area contributed by atoms with E-state index in [1.54, 1.807) is 0 Å². The number of ether oxygens (including phenoxy) is 1. The van der Waals surface area contributed by atoms with E-state index in [0.29, 0.717) is 31.1 Å². The van der Waals surface area contributed by atoms with Crippen molar-refractivity contribution in [1.29, 1.82) is 0 Å². The number of carboxylic acids is 1. The monoisotopic (exact) mass is 491 g/mol. The molecule has 0 radical (unpaired) electrons. The topological polar surface area (TPSA) is 100 Å². The largest absolute Gasteiger partial charge is 0.490 e. The Morgan fingerprint density at radius 3 is 2.37 bits per heavy atom. The first-order valence-electron chi connectivity index (χ1n) is 11.1. The molecule has 0 saturated carbocycles. The van der Waals surface area contributed by atoms with Gasteiger partial charge in [-0.25, -0.2) is 14.3 Å². The smallest absolute Gasteiger partial charge is 0.475 e. The van der Waals surface area contributed by atoms with Crippen LogP contribution in [0.15, 0.2) is 48.7 Å². The van der Waals surface area contributed by atoms with E-state index in [4.69, 9.17) is 14.6 Å². The predicted molar refractivity (Wildman–Crippen MR) is 119 cm³/mol. The highest BCUT2D eigenvalue weighted by atomic mass is 19.4. The van der Waals surface area contributed by atoms with Gasteiger partial charge in [-0.05, 0) is 37.1 Å². The van der Waals surface area contributed by atoms with Crippen molar-refractivity contribution in [3.63, 3.8) is 0 Å². The van der Waals surface area contributed by atoms with Crippen molar-refractivity contribution in [3.8, 4) is 0 Å². The molecule has 1 atom stereocenters. The predicted octanol–water partition coefficient (Wildman–Crippen LogP) is 3.18. The van der Waals surface area contributed by atoms with Gasteiger partial charge in [0.2, 0.25) is 0 Å². The number of hydrogen-bond donors (Lipinski definition) is 1. The maximum absolute atomic E-state index is 12.8. The molecule has 2 aromatic heterocycles. The molecule has 1 aromatic carbocycles. The van der Waals surface area contributed by atoms with Crippen LogP contribution in [0.1, 0.15) is 35.1 Å². The highest BCUT2D eigenvalue weighted by Gasteiger charge is 2.38. The Kier molecular flexibility index (Phi) is 7.20. The number of nitrogens with zero attached hydrogens (tertiary/aromatic N) is 5. The maximum Gasteiger partial charge on any atom is 0.490 e. The summed E-state index contributed by atoms with van der Waals surface area (Å²) < 4.78 is 39.5. The second-order valence-electron chi connectivity index (χ2n) is 8.13. The van der Waals surface area contributed by atoms with Crippen molar-refractivity contribution >= 4 is 23.2 Å². The molecular weight excluding hydrogens is 467 g/mol. The van der Waals surface area contributed by atoms with Crippen LogP contribution in [-0.2, 0) is 9.53 Å². The molecule has 1 amide bonds. The molecule has 186 valence electrons. The van der Waals surface area contributed by atoms with E-state index in [9.17, 15) is 18.0 Å². The lowest BCUT2D eigenvalue weighted by Crippen LogP contribution is -2.42. The fourth-order valence-corrected chi connectivity index (χ4v) is 3.94. The third-order valence-corrected chi connectivity index (χ3v) is 5.71. The number of morpholine rings is 1. The van der Waals surface area contributed by atoms with Gasteiger partial charge in [0.1, 0.15) is 6.10 Å². The molecule has 1 unspecified atom stereocenters. The molecule has 0 aliphatic carbocycles. The Morgan fingerprint density at radius 2 is 1.71 bits per heavy atom. The van der Waals surface area contributed by atoms with Crippen LogP contribution in [-0.4, -0.2) is 75.4 Å². The Morgan fingerprint density at radius 1 is 1.03 bits per heavy atom. The van der Waals surface area contributed by atoms with Gasteiger partial charge in [-0.1, -0.05) is 18.2 Å². The van der Waals surface area contributed by atoms with Crippen molar-refractivity contribution in [3.05, 3.63) is 60.0 Å². The lowest BCUT2D eigenvalue weighted by molar-refractivity contribution is -0.192. The number of fused-ring (bicyclic) bond motifs is 1. The minimum absolute atomic E-state index is 0.0222. The van der Waals surface area contributed by atoms with Gasteiger partial charge in [-0.2, -0.15) is 13.2 Å². The lowest BCUT2D eigenvalue weighted by Gasteiger charge is -2.31. The molecule has 0 spiro atoms. The van der Waals surface area contributed by atoms with Crippen LogP contribution in [0.5, 0.6) is 0 Å². The number of alkyl halides is 3. The van der Waals surface area contributed by atoms with E-state index in [1.165, 1.54) is 18.5 Å². The van der Waals surface area contributed by atoms with E-state index in [1.807, 2.05) is 52.0 Å². The van der Waals surface area contributed by atoms with Crippen molar-refractivity contribution < 1.29 is 32.6 Å². The number of carboxylic acid groups (broad SMARTS) is 1. The average Bonchev–Trinajstić information content (AvgIpc) is 3.54. The Balaban J connectivity index is 0.000000364. The molecule has 1 N–H and O–H groups in total. The second kappa shape index (κ2) is 10.3. The van der Waals surface area contributed by atoms with Crippen LogP contribution < -0.4 is 4.90 Å². The molecule has 0 bridgehead atoms. The third-order valence-electron chi connectivity index (χ3n) is 5.71. The quantitative estimate of drug-likeness (QED) is 0.601. The molecule has 2 fully saturated rings. The van der Waals surface area contributed by atoms with Gasteiger partial charge in [0.25, 0.3) is 5.91 Å². The number of pyridine rings is 1. The summed E-state index contributed by atoms with van der Waals surface area (Å²) in [5.41, 5.74) is 2.67. The van der Waals surface area contributed by atoms with E-state index in [2.05, 4.69) is 21.0 Å². The summed E-state index contributed by atoms with van der Waals surface area (Å²) in [5, 5.41) is 11.8. The number of halogens is 3. The van der Waals surface area contributed by atoms with Crippen LogP contribution in [0.3, 0.4) is 0 Å². The van der Waals surface area contributed by atoms with Gasteiger partial charge in [-0.15, -0.1) is 5.10 Å². The highest BCUT2D eigenvalue weighted by molar-refractivity contribution is 5.94. The fourth-order valence-electron chi connectivity index (χ4n) is 3.94. The number of aliphatic carboxylic acids is 1. The zero-order valence-electron chi connectivity index (χ0n) is 18.7. The third kappa shape index (κ3) is 5.88. The minimum Gasteiger partial charge on any atom is -0.475 e. The summed E-state index contributed by atoms with van der Waals surface area (Å²) in [6, 6.07) is 13.5. The van der Waals surface area contributed by atoms with Crippen LogP contribution in [0, 0.1) is 0 Å². The highest BCUT2D eigenvalue weighted by Crippen LogP contribution is 2.24. The first kappa shape index (κ1) is 24.5. The number of anilines is 1. The normalized spacial score (nSPS) is 18.3. The Labute approximate surface area is 198 Å². The molecule has 2 aliphatic rings. The summed E-state index contributed by atoms with van der Waals surface area (Å²) in [4.78, 5) is 30.5. The molecule has 2 aliphatic heterocycles. The molecule has 3 aromatic rings. The van der Waals surface area contributed by atoms with Crippen LogP contribution in [0.25, 0.3) is 5.65 Å². The van der Waals surface area contributed by atoms with Gasteiger partial charge in [0.15, 0.2) is 11.5 Å². The summed E-state index contributed by atoms with van der Waals surface area (Å²) >= 11 is 0. The van der Waals surface area contributed by atoms with Gasteiger partial charge in [0.05, 0.1) is 25.0 Å². The molecule has 9 nitrogen and oxygen atoms in total. The van der Waals surface area contributed by atoms with E-state index in [0.717, 1.165) is 18.7 Å². The molecular formula is C23H24F3N5O4. The fraction of sp³-hybridized carbons (Fsp3) is 0.391. The molecule has 4 heterocycles. The first-order chi connectivity index (χ1) is 16.7. The standard InChI is InChI=1S/C21H23N5O2.C2HF3O2/c27-21(16-6-2-1-3-7-16)25-12-13-28-18(15-25)20-22-19-9-8-17(14-26(19)23-20)24-10-4-5-11-24;3-2(4,5)1(6)7/h1-3,6-9,14,18H,4-5,10-13,15H2;(H,6,7). The maximum atomic E-state index is 12.8. The van der Waals surface area contributed by atoms with Crippen LogP contribution in [0.2, 0.25) is 0 Å². The molecule has 2 saturated heterocycles. The minimum atomic E-state index is -5.08. The Bertz CT molecular complexity index is 1180. The van der Waals surface area contributed by atoms with E-state index >= 15 is 0 Å². The molecule has 5 rings (SSSR count). The van der Waals surface area contributed by atoms with E-state index < -0.39 is 12.1 Å². The number of carbonyl (C=O) groups is 2. The number of carbonyl (C=O) groups excluding carboxylic acids is 1. The average molecular weight is 491 g/mol. The molecule has 35 heavy (non-hydrogen) atoms. The zero-order valence-corrected chi connectivity index (χ0v) is 18.7. The number of amides is 1. The Hall–Kier alpha value is -3.67.